The fourth-order valence-corrected chi connectivity index (χ4v) is 3.92. The van der Waals surface area contributed by atoms with Gasteiger partial charge in [-0.25, -0.2) is 9.78 Å². The van der Waals surface area contributed by atoms with Crippen LogP contribution in [-0.4, -0.2) is 40.9 Å². The lowest BCUT2D eigenvalue weighted by Crippen LogP contribution is -2.46. The Morgan fingerprint density at radius 2 is 1.97 bits per heavy atom. The van der Waals surface area contributed by atoms with E-state index in [0.29, 0.717) is 18.2 Å². The number of fused-ring (bicyclic) bond motifs is 1. The van der Waals surface area contributed by atoms with Crippen molar-refractivity contribution in [2.24, 2.45) is 11.7 Å². The number of pyridine rings is 2. The van der Waals surface area contributed by atoms with Crippen LogP contribution in [-0.2, 0) is 11.2 Å². The summed E-state index contributed by atoms with van der Waals surface area (Å²) in [5.74, 6) is 0.892. The van der Waals surface area contributed by atoms with E-state index in [1.54, 1.807) is 19.4 Å². The van der Waals surface area contributed by atoms with Crippen molar-refractivity contribution in [3.05, 3.63) is 30.0 Å². The third-order valence-electron chi connectivity index (χ3n) is 5.38. The summed E-state index contributed by atoms with van der Waals surface area (Å²) < 4.78 is 10.8. The minimum Gasteiger partial charge on any atom is -0.481 e. The Morgan fingerprint density at radius 1 is 1.24 bits per heavy atom. The second kappa shape index (κ2) is 8.95. The number of nitrogens with zero attached hydrogens (tertiary/aromatic N) is 2. The zero-order valence-corrected chi connectivity index (χ0v) is 17.8. The third-order valence-corrected chi connectivity index (χ3v) is 5.38. The molecule has 7 heteroatoms. The molecule has 3 N–H and O–H groups in total. The minimum absolute atomic E-state index is 0.0593. The zero-order chi connectivity index (χ0) is 21.0. The van der Waals surface area contributed by atoms with Gasteiger partial charge in [-0.15, -0.1) is 0 Å². The van der Waals surface area contributed by atoms with E-state index >= 15 is 0 Å². The van der Waals surface area contributed by atoms with Crippen LogP contribution in [0.15, 0.2) is 24.4 Å². The van der Waals surface area contributed by atoms with Gasteiger partial charge in [0.15, 0.2) is 0 Å². The number of nitrogens with one attached hydrogen (secondary N) is 1. The van der Waals surface area contributed by atoms with E-state index in [2.05, 4.69) is 15.3 Å². The first-order valence-electron chi connectivity index (χ1n) is 10.3. The van der Waals surface area contributed by atoms with Gasteiger partial charge in [0, 0.05) is 24.3 Å². The Bertz CT molecular complexity index is 842. The van der Waals surface area contributed by atoms with Crippen LogP contribution in [0.25, 0.3) is 11.0 Å². The number of ether oxygens (including phenoxy) is 2. The Hall–Kier alpha value is -2.41. The SMILES string of the molecule is COc1ccc2nccc(CC(NC(=O)OC(C)(C)C)C3CCC(N)CC3)c2n1. The maximum Gasteiger partial charge on any atom is 0.407 e. The molecule has 2 heterocycles. The summed E-state index contributed by atoms with van der Waals surface area (Å²) in [5.41, 5.74) is 8.20. The molecule has 1 aliphatic rings. The van der Waals surface area contributed by atoms with Gasteiger partial charge in [-0.3, -0.25) is 4.98 Å². The van der Waals surface area contributed by atoms with Gasteiger partial charge in [-0.05, 0) is 76.5 Å². The van der Waals surface area contributed by atoms with Crippen molar-refractivity contribution in [2.45, 2.75) is 70.6 Å². The highest BCUT2D eigenvalue weighted by Gasteiger charge is 2.30. The lowest BCUT2D eigenvalue weighted by molar-refractivity contribution is 0.0476. The Balaban J connectivity index is 1.86. The molecule has 7 nitrogen and oxygen atoms in total. The zero-order valence-electron chi connectivity index (χ0n) is 17.8. The molecule has 29 heavy (non-hydrogen) atoms. The first kappa shape index (κ1) is 21.3. The van der Waals surface area contributed by atoms with Gasteiger partial charge in [0.2, 0.25) is 5.88 Å². The molecule has 0 saturated heterocycles. The molecule has 1 aliphatic carbocycles. The van der Waals surface area contributed by atoms with Crippen molar-refractivity contribution >= 4 is 17.1 Å². The average Bonchev–Trinajstić information content (AvgIpc) is 2.66. The fourth-order valence-electron chi connectivity index (χ4n) is 3.92. The van der Waals surface area contributed by atoms with Crippen LogP contribution in [0.5, 0.6) is 5.88 Å². The molecular formula is C22H32N4O3. The number of hydrogen-bond donors (Lipinski definition) is 2. The molecule has 1 saturated carbocycles. The number of alkyl carbamates (subject to hydrolysis) is 1. The molecule has 158 valence electrons. The quantitative estimate of drug-likeness (QED) is 0.796. The van der Waals surface area contributed by atoms with Crippen molar-refractivity contribution in [3.63, 3.8) is 0 Å². The first-order chi connectivity index (χ1) is 13.7. The summed E-state index contributed by atoms with van der Waals surface area (Å²) in [4.78, 5) is 21.5. The molecule has 2 aromatic rings. The van der Waals surface area contributed by atoms with Crippen LogP contribution in [0, 0.1) is 5.92 Å². The van der Waals surface area contributed by atoms with Crippen molar-refractivity contribution in [1.82, 2.24) is 15.3 Å². The smallest absolute Gasteiger partial charge is 0.407 e. The number of nitrogens with two attached hydrogens (primary N) is 1. The van der Waals surface area contributed by atoms with Crippen LogP contribution in [0.2, 0.25) is 0 Å². The van der Waals surface area contributed by atoms with Crippen molar-refractivity contribution in [2.75, 3.05) is 7.11 Å². The predicted molar refractivity (Wildman–Crippen MR) is 113 cm³/mol. The Kier molecular flexibility index (Phi) is 6.57. The lowest BCUT2D eigenvalue weighted by atomic mass is 9.80. The highest BCUT2D eigenvalue weighted by Crippen LogP contribution is 2.29. The number of methoxy groups -OCH3 is 1. The number of amides is 1. The van der Waals surface area contributed by atoms with Gasteiger partial charge < -0.3 is 20.5 Å². The summed E-state index contributed by atoms with van der Waals surface area (Å²) in [6, 6.07) is 5.86. The van der Waals surface area contributed by atoms with Crippen LogP contribution in [0.1, 0.15) is 52.0 Å². The molecule has 0 aromatic carbocycles. The lowest BCUT2D eigenvalue weighted by Gasteiger charge is -2.34. The van der Waals surface area contributed by atoms with Gasteiger partial charge in [-0.1, -0.05) is 0 Å². The molecular weight excluding hydrogens is 368 g/mol. The maximum atomic E-state index is 12.5. The number of carbonyl (C=O) groups excluding carboxylic acids is 1. The minimum atomic E-state index is -0.540. The van der Waals surface area contributed by atoms with Crippen LogP contribution < -0.4 is 15.8 Å². The standard InChI is InChI=1S/C22H32N4O3/c1-22(2,3)29-21(27)25-18(14-5-7-16(23)8-6-14)13-15-11-12-24-17-9-10-19(28-4)26-20(15)17/h9-12,14,16,18H,5-8,13,23H2,1-4H3,(H,25,27). The Morgan fingerprint density at radius 3 is 2.62 bits per heavy atom. The first-order valence-corrected chi connectivity index (χ1v) is 10.3. The molecule has 0 aliphatic heterocycles. The number of carbonyl (C=O) groups is 1. The van der Waals surface area contributed by atoms with Gasteiger partial charge in [-0.2, -0.15) is 0 Å². The van der Waals surface area contributed by atoms with Crippen LogP contribution >= 0.6 is 0 Å². The van der Waals surface area contributed by atoms with Crippen LogP contribution in [0.4, 0.5) is 4.79 Å². The van der Waals surface area contributed by atoms with Crippen molar-refractivity contribution in [1.29, 1.82) is 0 Å². The number of hydrogen-bond acceptors (Lipinski definition) is 6. The molecule has 1 fully saturated rings. The highest BCUT2D eigenvalue weighted by molar-refractivity contribution is 5.78. The van der Waals surface area contributed by atoms with E-state index in [4.69, 9.17) is 15.2 Å². The second-order valence-electron chi connectivity index (χ2n) is 8.82. The molecule has 1 atom stereocenters. The molecule has 0 spiro atoms. The largest absolute Gasteiger partial charge is 0.481 e. The highest BCUT2D eigenvalue weighted by atomic mass is 16.6. The van der Waals surface area contributed by atoms with E-state index in [-0.39, 0.29) is 18.2 Å². The van der Waals surface area contributed by atoms with E-state index in [9.17, 15) is 4.79 Å². The monoisotopic (exact) mass is 400 g/mol. The van der Waals surface area contributed by atoms with Gasteiger partial charge >= 0.3 is 6.09 Å². The molecule has 0 bridgehead atoms. The number of aromatic nitrogens is 2. The van der Waals surface area contributed by atoms with Crippen LogP contribution in [0.3, 0.4) is 0 Å². The Labute approximate surface area is 172 Å². The van der Waals surface area contributed by atoms with E-state index < -0.39 is 5.60 Å². The number of rotatable bonds is 5. The summed E-state index contributed by atoms with van der Waals surface area (Å²) in [6.45, 7) is 5.61. The fraction of sp³-hybridized carbons (Fsp3) is 0.591. The van der Waals surface area contributed by atoms with Crippen molar-refractivity contribution in [3.8, 4) is 5.88 Å². The normalized spacial score (nSPS) is 20.9. The summed E-state index contributed by atoms with van der Waals surface area (Å²) in [6.07, 6.45) is 5.97. The van der Waals surface area contributed by atoms with E-state index in [1.807, 2.05) is 32.9 Å². The molecule has 1 amide bonds. The van der Waals surface area contributed by atoms with E-state index in [0.717, 1.165) is 42.3 Å². The molecule has 3 rings (SSSR count). The van der Waals surface area contributed by atoms with Gasteiger partial charge in [0.25, 0.3) is 0 Å². The predicted octanol–water partition coefficient (Wildman–Crippen LogP) is 3.59. The molecule has 2 aromatic heterocycles. The van der Waals surface area contributed by atoms with Gasteiger partial charge in [0.1, 0.15) is 5.60 Å². The topological polar surface area (TPSA) is 99.4 Å². The van der Waals surface area contributed by atoms with Gasteiger partial charge in [0.05, 0.1) is 18.1 Å². The molecule has 1 unspecified atom stereocenters. The van der Waals surface area contributed by atoms with E-state index in [1.165, 1.54) is 0 Å². The maximum absolute atomic E-state index is 12.5. The summed E-state index contributed by atoms with van der Waals surface area (Å²) in [7, 11) is 1.60. The summed E-state index contributed by atoms with van der Waals surface area (Å²) in [5, 5.41) is 3.12. The second-order valence-corrected chi connectivity index (χ2v) is 8.82. The average molecular weight is 401 g/mol. The van der Waals surface area contributed by atoms with Crippen molar-refractivity contribution < 1.29 is 14.3 Å². The molecule has 0 radical (unpaired) electrons. The third kappa shape index (κ3) is 5.79. The summed E-state index contributed by atoms with van der Waals surface area (Å²) >= 11 is 0.